The molecule has 0 saturated carbocycles. The predicted octanol–water partition coefficient (Wildman–Crippen LogP) is 2.46. The maximum absolute atomic E-state index is 4.42. The molecule has 0 aliphatic heterocycles. The van der Waals surface area contributed by atoms with Crippen molar-refractivity contribution in [3.63, 3.8) is 0 Å². The number of anilines is 2. The summed E-state index contributed by atoms with van der Waals surface area (Å²) in [6.45, 7) is 6.15. The first-order valence-corrected chi connectivity index (χ1v) is 6.87. The highest BCUT2D eigenvalue weighted by Crippen LogP contribution is 2.09. The van der Waals surface area contributed by atoms with Gasteiger partial charge >= 0.3 is 0 Å². The van der Waals surface area contributed by atoms with E-state index < -0.39 is 0 Å². The lowest BCUT2D eigenvalue weighted by molar-refractivity contribution is 0.956. The van der Waals surface area contributed by atoms with Crippen molar-refractivity contribution in [1.29, 1.82) is 0 Å². The standard InChI is InChI=1S/C11H20N4S/c1-4-5-13-10-7-12-8-11(15-10)14-6-9(2)16-3/h7-9H,4-6H2,1-3H3,(H2,13,14,15). The number of rotatable bonds is 7. The molecule has 5 heteroatoms. The van der Waals surface area contributed by atoms with E-state index in [0.29, 0.717) is 5.25 Å². The van der Waals surface area contributed by atoms with E-state index in [0.717, 1.165) is 31.1 Å². The molecular formula is C11H20N4S. The Hall–Kier alpha value is -0.970. The van der Waals surface area contributed by atoms with Crippen LogP contribution in [-0.4, -0.2) is 34.6 Å². The van der Waals surface area contributed by atoms with Gasteiger partial charge in [-0.3, -0.25) is 4.98 Å². The van der Waals surface area contributed by atoms with Gasteiger partial charge in [-0.1, -0.05) is 13.8 Å². The average molecular weight is 240 g/mol. The van der Waals surface area contributed by atoms with Crippen LogP contribution in [0.4, 0.5) is 11.6 Å². The van der Waals surface area contributed by atoms with Gasteiger partial charge in [-0.25, -0.2) is 4.98 Å². The van der Waals surface area contributed by atoms with E-state index in [1.54, 1.807) is 12.4 Å². The van der Waals surface area contributed by atoms with Crippen molar-refractivity contribution < 1.29 is 0 Å². The first kappa shape index (κ1) is 13.1. The maximum Gasteiger partial charge on any atom is 0.146 e. The SMILES string of the molecule is CCCNc1cncc(NCC(C)SC)n1. The summed E-state index contributed by atoms with van der Waals surface area (Å²) in [6.07, 6.45) is 6.70. The van der Waals surface area contributed by atoms with Gasteiger partial charge in [0.1, 0.15) is 11.6 Å². The lowest BCUT2D eigenvalue weighted by Gasteiger charge is -2.11. The van der Waals surface area contributed by atoms with E-state index in [2.05, 4.69) is 40.7 Å². The molecule has 0 spiro atoms. The van der Waals surface area contributed by atoms with E-state index in [4.69, 9.17) is 0 Å². The number of aromatic nitrogens is 2. The van der Waals surface area contributed by atoms with Gasteiger partial charge in [-0.15, -0.1) is 0 Å². The van der Waals surface area contributed by atoms with Crippen LogP contribution in [0.1, 0.15) is 20.3 Å². The van der Waals surface area contributed by atoms with Crippen molar-refractivity contribution in [2.24, 2.45) is 0 Å². The summed E-state index contributed by atoms with van der Waals surface area (Å²) in [5, 5.41) is 7.07. The number of thioether (sulfide) groups is 1. The molecule has 0 amide bonds. The van der Waals surface area contributed by atoms with E-state index in [9.17, 15) is 0 Å². The lowest BCUT2D eigenvalue weighted by Crippen LogP contribution is -2.14. The zero-order valence-corrected chi connectivity index (χ0v) is 11.0. The molecule has 1 rings (SSSR count). The molecule has 1 unspecified atom stereocenters. The van der Waals surface area contributed by atoms with Crippen molar-refractivity contribution in [3.8, 4) is 0 Å². The van der Waals surface area contributed by atoms with Crippen LogP contribution >= 0.6 is 11.8 Å². The summed E-state index contributed by atoms with van der Waals surface area (Å²) in [5.41, 5.74) is 0. The Morgan fingerprint density at radius 1 is 1.31 bits per heavy atom. The van der Waals surface area contributed by atoms with Gasteiger partial charge < -0.3 is 10.6 Å². The fourth-order valence-corrected chi connectivity index (χ4v) is 1.37. The van der Waals surface area contributed by atoms with Crippen molar-refractivity contribution in [1.82, 2.24) is 9.97 Å². The summed E-state index contributed by atoms with van der Waals surface area (Å²) in [5.74, 6) is 1.67. The molecule has 1 aromatic rings. The number of hydrogen-bond acceptors (Lipinski definition) is 5. The highest BCUT2D eigenvalue weighted by molar-refractivity contribution is 7.99. The van der Waals surface area contributed by atoms with Gasteiger partial charge in [0, 0.05) is 18.3 Å². The Kier molecular flexibility index (Phi) is 6.00. The smallest absolute Gasteiger partial charge is 0.146 e. The zero-order valence-electron chi connectivity index (χ0n) is 10.2. The van der Waals surface area contributed by atoms with Gasteiger partial charge in [-0.2, -0.15) is 11.8 Å². The minimum absolute atomic E-state index is 0.578. The molecule has 0 radical (unpaired) electrons. The molecule has 0 aliphatic carbocycles. The second kappa shape index (κ2) is 7.33. The molecule has 0 saturated heterocycles. The molecule has 90 valence electrons. The molecule has 2 N–H and O–H groups in total. The van der Waals surface area contributed by atoms with Crippen LogP contribution in [0.2, 0.25) is 0 Å². The molecule has 0 fully saturated rings. The number of nitrogens with zero attached hydrogens (tertiary/aromatic N) is 2. The molecule has 4 nitrogen and oxygen atoms in total. The first-order valence-electron chi connectivity index (χ1n) is 5.58. The van der Waals surface area contributed by atoms with Crippen LogP contribution in [0, 0.1) is 0 Å². The Balaban J connectivity index is 2.46. The Bertz CT molecular complexity index is 306. The summed E-state index contributed by atoms with van der Waals surface area (Å²) in [6, 6.07) is 0. The summed E-state index contributed by atoms with van der Waals surface area (Å²) >= 11 is 1.84. The highest BCUT2D eigenvalue weighted by atomic mass is 32.2. The van der Waals surface area contributed by atoms with Crippen molar-refractivity contribution in [3.05, 3.63) is 12.4 Å². The monoisotopic (exact) mass is 240 g/mol. The molecule has 0 aromatic carbocycles. The van der Waals surface area contributed by atoms with Crippen LogP contribution in [0.25, 0.3) is 0 Å². The lowest BCUT2D eigenvalue weighted by atomic mass is 10.4. The normalized spacial score (nSPS) is 12.2. The Labute approximate surface area is 102 Å². The van der Waals surface area contributed by atoms with Crippen molar-refractivity contribution >= 4 is 23.4 Å². The van der Waals surface area contributed by atoms with E-state index in [1.807, 2.05) is 11.8 Å². The van der Waals surface area contributed by atoms with E-state index in [-0.39, 0.29) is 0 Å². The topological polar surface area (TPSA) is 49.8 Å². The zero-order chi connectivity index (χ0) is 11.8. The van der Waals surface area contributed by atoms with E-state index in [1.165, 1.54) is 0 Å². The maximum atomic E-state index is 4.42. The van der Waals surface area contributed by atoms with Crippen molar-refractivity contribution in [2.45, 2.75) is 25.5 Å². The molecule has 1 aromatic heterocycles. The van der Waals surface area contributed by atoms with Gasteiger partial charge in [0.15, 0.2) is 0 Å². The molecule has 1 atom stereocenters. The third-order valence-corrected chi connectivity index (χ3v) is 3.14. The molecule has 0 bridgehead atoms. The molecular weight excluding hydrogens is 220 g/mol. The first-order chi connectivity index (χ1) is 7.76. The van der Waals surface area contributed by atoms with E-state index >= 15 is 0 Å². The third-order valence-electron chi connectivity index (χ3n) is 2.16. The number of nitrogens with one attached hydrogen (secondary N) is 2. The average Bonchev–Trinajstić information content (AvgIpc) is 2.34. The Morgan fingerprint density at radius 2 is 2.00 bits per heavy atom. The third kappa shape index (κ3) is 4.70. The largest absolute Gasteiger partial charge is 0.369 e. The minimum atomic E-state index is 0.578. The highest BCUT2D eigenvalue weighted by Gasteiger charge is 2.01. The second-order valence-corrected chi connectivity index (χ2v) is 4.92. The van der Waals surface area contributed by atoms with Crippen LogP contribution in [0.5, 0.6) is 0 Å². The molecule has 0 aliphatic rings. The van der Waals surface area contributed by atoms with Gasteiger partial charge in [-0.05, 0) is 12.7 Å². The predicted molar refractivity (Wildman–Crippen MR) is 72.3 cm³/mol. The Morgan fingerprint density at radius 3 is 2.62 bits per heavy atom. The fourth-order valence-electron chi connectivity index (χ4n) is 1.12. The van der Waals surface area contributed by atoms with Crippen molar-refractivity contribution in [2.75, 3.05) is 30.0 Å². The van der Waals surface area contributed by atoms with Gasteiger partial charge in [0.05, 0.1) is 12.4 Å². The summed E-state index contributed by atoms with van der Waals surface area (Å²) < 4.78 is 0. The minimum Gasteiger partial charge on any atom is -0.369 e. The van der Waals surface area contributed by atoms with Gasteiger partial charge in [0.2, 0.25) is 0 Å². The quantitative estimate of drug-likeness (QED) is 0.766. The van der Waals surface area contributed by atoms with Crippen LogP contribution < -0.4 is 10.6 Å². The molecule has 1 heterocycles. The summed E-state index contributed by atoms with van der Waals surface area (Å²) in [4.78, 5) is 8.57. The fraction of sp³-hybridized carbons (Fsp3) is 0.636. The van der Waals surface area contributed by atoms with Crippen LogP contribution in [0.15, 0.2) is 12.4 Å². The second-order valence-electron chi connectivity index (χ2n) is 3.64. The summed E-state index contributed by atoms with van der Waals surface area (Å²) in [7, 11) is 0. The number of hydrogen-bond donors (Lipinski definition) is 2. The van der Waals surface area contributed by atoms with Crippen LogP contribution in [-0.2, 0) is 0 Å². The molecule has 16 heavy (non-hydrogen) atoms. The van der Waals surface area contributed by atoms with Crippen LogP contribution in [0.3, 0.4) is 0 Å². The van der Waals surface area contributed by atoms with Gasteiger partial charge in [0.25, 0.3) is 0 Å².